The van der Waals surface area contributed by atoms with Crippen molar-refractivity contribution in [3.05, 3.63) is 84.1 Å². The number of hydrogen-bond acceptors (Lipinski definition) is 5. The van der Waals surface area contributed by atoms with E-state index in [1.54, 1.807) is 18.3 Å². The maximum Gasteiger partial charge on any atom is 0.412 e. The molecule has 5 rings (SSSR count). The second-order valence-electron chi connectivity index (χ2n) is 8.12. The van der Waals surface area contributed by atoms with Gasteiger partial charge in [0.25, 0.3) is 0 Å². The van der Waals surface area contributed by atoms with Crippen molar-refractivity contribution in [2.24, 2.45) is 11.5 Å². The largest absolute Gasteiger partial charge is 0.412 e. The van der Waals surface area contributed by atoms with Crippen molar-refractivity contribution in [1.82, 2.24) is 9.38 Å². The van der Waals surface area contributed by atoms with E-state index < -0.39 is 12.1 Å². The number of carbonyl (C=O) groups excluding carboxylic acids is 2. The molecule has 0 bridgehead atoms. The van der Waals surface area contributed by atoms with Gasteiger partial charge in [-0.25, -0.2) is 14.6 Å². The molecule has 1 amide bonds. The Labute approximate surface area is 184 Å². The van der Waals surface area contributed by atoms with E-state index in [4.69, 9.17) is 16.5 Å². The summed E-state index contributed by atoms with van der Waals surface area (Å²) in [5.74, 6) is -0.813. The van der Waals surface area contributed by atoms with Crippen LogP contribution in [0.5, 0.6) is 0 Å². The molecule has 4 N–H and O–H groups in total. The van der Waals surface area contributed by atoms with Gasteiger partial charge in [-0.2, -0.15) is 0 Å². The number of amides is 1. The summed E-state index contributed by atoms with van der Waals surface area (Å²) in [7, 11) is 0. The summed E-state index contributed by atoms with van der Waals surface area (Å²) in [6.07, 6.45) is 3.62. The summed E-state index contributed by atoms with van der Waals surface area (Å²) in [4.78, 5) is 28.1. The first-order valence-electron chi connectivity index (χ1n) is 10.4. The quantitative estimate of drug-likeness (QED) is 0.374. The van der Waals surface area contributed by atoms with Gasteiger partial charge in [-0.05, 0) is 37.0 Å². The summed E-state index contributed by atoms with van der Waals surface area (Å²) in [5.41, 5.74) is 16.7. The number of benzene rings is 2. The SMILES string of the molecule is NC(=O)OC(=O)c1ccc2nc(-c3ccc(C4(N)CCC4)cc3)c(-c3ccccc3)n2c1. The first-order valence-corrected chi connectivity index (χ1v) is 10.4. The van der Waals surface area contributed by atoms with E-state index in [9.17, 15) is 9.59 Å². The van der Waals surface area contributed by atoms with E-state index in [0.717, 1.165) is 47.3 Å². The minimum absolute atomic E-state index is 0.197. The molecule has 2 heterocycles. The van der Waals surface area contributed by atoms with Gasteiger partial charge < -0.3 is 16.2 Å². The Morgan fingerprint density at radius 1 is 0.938 bits per heavy atom. The third kappa shape index (κ3) is 3.42. The third-order valence-electron chi connectivity index (χ3n) is 6.07. The van der Waals surface area contributed by atoms with Gasteiger partial charge in [0.2, 0.25) is 0 Å². The van der Waals surface area contributed by atoms with Gasteiger partial charge in [-0.1, -0.05) is 54.6 Å². The molecule has 160 valence electrons. The number of pyridine rings is 1. The first kappa shape index (κ1) is 20.0. The molecule has 0 aliphatic heterocycles. The zero-order chi connectivity index (χ0) is 22.3. The minimum Gasteiger partial charge on any atom is -0.373 e. The van der Waals surface area contributed by atoms with Crippen LogP contribution in [0.4, 0.5) is 4.79 Å². The molecular formula is C25H22N4O3. The van der Waals surface area contributed by atoms with Crippen LogP contribution in [0.15, 0.2) is 72.9 Å². The minimum atomic E-state index is -1.14. The summed E-state index contributed by atoms with van der Waals surface area (Å²) in [6.45, 7) is 0. The Hall–Kier alpha value is -3.97. The van der Waals surface area contributed by atoms with Crippen molar-refractivity contribution in [3.8, 4) is 22.5 Å². The molecule has 7 nitrogen and oxygen atoms in total. The Morgan fingerprint density at radius 2 is 1.66 bits per heavy atom. The fourth-order valence-electron chi connectivity index (χ4n) is 4.20. The van der Waals surface area contributed by atoms with Crippen LogP contribution in [-0.2, 0) is 10.3 Å². The monoisotopic (exact) mass is 426 g/mol. The predicted molar refractivity (Wildman–Crippen MR) is 121 cm³/mol. The Morgan fingerprint density at radius 3 is 2.28 bits per heavy atom. The van der Waals surface area contributed by atoms with Crippen LogP contribution in [-0.4, -0.2) is 21.4 Å². The van der Waals surface area contributed by atoms with Gasteiger partial charge in [-0.15, -0.1) is 0 Å². The molecular weight excluding hydrogens is 404 g/mol. The van der Waals surface area contributed by atoms with E-state index >= 15 is 0 Å². The maximum atomic E-state index is 12.2. The number of aromatic nitrogens is 2. The Bertz CT molecular complexity index is 1320. The number of esters is 1. The molecule has 0 atom stereocenters. The second kappa shape index (κ2) is 7.62. The lowest BCUT2D eigenvalue weighted by Gasteiger charge is -2.38. The number of fused-ring (bicyclic) bond motifs is 1. The number of nitrogens with two attached hydrogens (primary N) is 2. The van der Waals surface area contributed by atoms with Gasteiger partial charge in [-0.3, -0.25) is 4.40 Å². The molecule has 2 aromatic carbocycles. The smallest absolute Gasteiger partial charge is 0.373 e. The van der Waals surface area contributed by atoms with E-state index in [-0.39, 0.29) is 11.1 Å². The van der Waals surface area contributed by atoms with Crippen LogP contribution >= 0.6 is 0 Å². The number of rotatable bonds is 4. The third-order valence-corrected chi connectivity index (χ3v) is 6.07. The van der Waals surface area contributed by atoms with Crippen molar-refractivity contribution in [2.75, 3.05) is 0 Å². The Balaban J connectivity index is 1.65. The van der Waals surface area contributed by atoms with E-state index in [1.807, 2.05) is 46.9 Å². The zero-order valence-corrected chi connectivity index (χ0v) is 17.3. The number of nitrogens with zero attached hydrogens (tertiary/aromatic N) is 2. The second-order valence-corrected chi connectivity index (χ2v) is 8.12. The van der Waals surface area contributed by atoms with Crippen LogP contribution in [0.2, 0.25) is 0 Å². The number of hydrogen-bond donors (Lipinski definition) is 2. The molecule has 32 heavy (non-hydrogen) atoms. The van der Waals surface area contributed by atoms with Crippen LogP contribution < -0.4 is 11.5 Å². The van der Waals surface area contributed by atoms with E-state index in [2.05, 4.69) is 16.9 Å². The van der Waals surface area contributed by atoms with E-state index in [1.165, 1.54) is 0 Å². The summed E-state index contributed by atoms with van der Waals surface area (Å²) in [5, 5.41) is 0. The van der Waals surface area contributed by atoms with Crippen LogP contribution in [0, 0.1) is 0 Å². The van der Waals surface area contributed by atoms with Gasteiger partial charge >= 0.3 is 12.1 Å². The van der Waals surface area contributed by atoms with Gasteiger partial charge in [0.05, 0.1) is 17.0 Å². The summed E-state index contributed by atoms with van der Waals surface area (Å²) >= 11 is 0. The maximum absolute atomic E-state index is 12.2. The average Bonchev–Trinajstić information content (AvgIpc) is 3.16. The molecule has 0 spiro atoms. The molecule has 1 fully saturated rings. The highest BCUT2D eigenvalue weighted by Crippen LogP contribution is 2.40. The average molecular weight is 426 g/mol. The molecule has 1 aliphatic rings. The fourth-order valence-corrected chi connectivity index (χ4v) is 4.20. The lowest BCUT2D eigenvalue weighted by Crippen LogP contribution is -2.43. The number of ether oxygens (including phenoxy) is 1. The van der Waals surface area contributed by atoms with Crippen molar-refractivity contribution < 1.29 is 14.3 Å². The number of carbonyl (C=O) groups is 2. The molecule has 0 unspecified atom stereocenters. The standard InChI is InChI=1S/C25H22N4O3/c26-24(31)32-23(30)18-9-12-20-28-21(22(29(20)15-18)17-5-2-1-3-6-17)16-7-10-19(11-8-16)25(27)13-4-14-25/h1-3,5-12,15H,4,13-14,27H2,(H2,26,31). The van der Waals surface area contributed by atoms with Crippen LogP contribution in [0.1, 0.15) is 35.2 Å². The lowest BCUT2D eigenvalue weighted by molar-refractivity contribution is 0.0638. The van der Waals surface area contributed by atoms with Gasteiger partial charge in [0.15, 0.2) is 0 Å². The molecule has 0 radical (unpaired) electrons. The van der Waals surface area contributed by atoms with Crippen molar-refractivity contribution in [3.63, 3.8) is 0 Å². The highest BCUT2D eigenvalue weighted by Gasteiger charge is 2.34. The lowest BCUT2D eigenvalue weighted by atomic mass is 9.72. The molecule has 2 aromatic heterocycles. The Kier molecular flexibility index (Phi) is 4.75. The molecule has 4 aromatic rings. The highest BCUT2D eigenvalue weighted by atomic mass is 16.6. The number of primary amides is 1. The van der Waals surface area contributed by atoms with Crippen LogP contribution in [0.25, 0.3) is 28.2 Å². The van der Waals surface area contributed by atoms with Gasteiger partial charge in [0.1, 0.15) is 5.65 Å². The van der Waals surface area contributed by atoms with Crippen molar-refractivity contribution in [1.29, 1.82) is 0 Å². The summed E-state index contributed by atoms with van der Waals surface area (Å²) in [6, 6.07) is 21.3. The topological polar surface area (TPSA) is 113 Å². The van der Waals surface area contributed by atoms with Crippen molar-refractivity contribution >= 4 is 17.7 Å². The zero-order valence-electron chi connectivity index (χ0n) is 17.3. The molecule has 7 heteroatoms. The molecule has 0 saturated heterocycles. The normalized spacial score (nSPS) is 14.7. The molecule has 1 aliphatic carbocycles. The summed E-state index contributed by atoms with van der Waals surface area (Å²) < 4.78 is 6.36. The predicted octanol–water partition coefficient (Wildman–Crippen LogP) is 4.24. The number of imidazole rings is 1. The highest BCUT2D eigenvalue weighted by molar-refractivity contribution is 5.96. The first-order chi connectivity index (χ1) is 15.4. The molecule has 1 saturated carbocycles. The van der Waals surface area contributed by atoms with Crippen molar-refractivity contribution in [2.45, 2.75) is 24.8 Å². The van der Waals surface area contributed by atoms with Gasteiger partial charge in [0, 0.05) is 22.9 Å². The van der Waals surface area contributed by atoms with E-state index in [0.29, 0.717) is 5.65 Å². The fraction of sp³-hybridized carbons (Fsp3) is 0.160. The van der Waals surface area contributed by atoms with Crippen LogP contribution in [0.3, 0.4) is 0 Å².